The van der Waals surface area contributed by atoms with Gasteiger partial charge in [0.25, 0.3) is 0 Å². The Morgan fingerprint density at radius 2 is 2.00 bits per heavy atom. The minimum Gasteiger partial charge on any atom is -0.381 e. The van der Waals surface area contributed by atoms with E-state index >= 15 is 0 Å². The molecule has 1 saturated carbocycles. The SMILES string of the molecule is COC1CC(NC2CCN(CCc3ccccc3)C2)C1. The Morgan fingerprint density at radius 1 is 1.20 bits per heavy atom. The first kappa shape index (κ1) is 14.1. The van der Waals surface area contributed by atoms with Crippen molar-refractivity contribution in [2.24, 2.45) is 0 Å². The highest BCUT2D eigenvalue weighted by Gasteiger charge is 2.32. The molecular weight excluding hydrogens is 248 g/mol. The van der Waals surface area contributed by atoms with Gasteiger partial charge in [-0.25, -0.2) is 0 Å². The first-order chi connectivity index (χ1) is 9.83. The van der Waals surface area contributed by atoms with Crippen LogP contribution in [0, 0.1) is 0 Å². The molecule has 1 aromatic carbocycles. The third-order valence-corrected chi connectivity index (χ3v) is 4.73. The summed E-state index contributed by atoms with van der Waals surface area (Å²) < 4.78 is 5.34. The highest BCUT2D eigenvalue weighted by molar-refractivity contribution is 5.14. The van der Waals surface area contributed by atoms with E-state index in [1.54, 1.807) is 0 Å². The predicted octanol–water partition coefficient (Wildman–Crippen LogP) is 2.07. The topological polar surface area (TPSA) is 24.5 Å². The average Bonchev–Trinajstić information content (AvgIpc) is 2.89. The maximum atomic E-state index is 5.34. The number of methoxy groups -OCH3 is 1. The van der Waals surface area contributed by atoms with Gasteiger partial charge in [-0.05, 0) is 37.8 Å². The lowest BCUT2D eigenvalue weighted by molar-refractivity contribution is 0.0145. The third-order valence-electron chi connectivity index (χ3n) is 4.73. The van der Waals surface area contributed by atoms with Crippen LogP contribution in [-0.2, 0) is 11.2 Å². The second-order valence-corrected chi connectivity index (χ2v) is 6.21. The summed E-state index contributed by atoms with van der Waals surface area (Å²) in [7, 11) is 1.82. The number of rotatable bonds is 6. The fourth-order valence-electron chi connectivity index (χ4n) is 3.33. The average molecular weight is 274 g/mol. The molecule has 0 amide bonds. The van der Waals surface area contributed by atoms with Gasteiger partial charge >= 0.3 is 0 Å². The Kier molecular flexibility index (Phi) is 4.71. The van der Waals surface area contributed by atoms with Crippen LogP contribution in [0.15, 0.2) is 30.3 Å². The van der Waals surface area contributed by atoms with Crippen LogP contribution in [0.5, 0.6) is 0 Å². The minimum absolute atomic E-state index is 0.503. The highest BCUT2D eigenvalue weighted by Crippen LogP contribution is 2.24. The van der Waals surface area contributed by atoms with E-state index in [9.17, 15) is 0 Å². The van der Waals surface area contributed by atoms with E-state index in [0.717, 1.165) is 0 Å². The zero-order chi connectivity index (χ0) is 13.8. The van der Waals surface area contributed by atoms with Crippen LogP contribution in [0.25, 0.3) is 0 Å². The van der Waals surface area contributed by atoms with Crippen molar-refractivity contribution in [2.75, 3.05) is 26.7 Å². The molecule has 1 atom stereocenters. The van der Waals surface area contributed by atoms with Crippen molar-refractivity contribution in [3.63, 3.8) is 0 Å². The predicted molar refractivity (Wildman–Crippen MR) is 81.9 cm³/mol. The molecule has 0 spiro atoms. The van der Waals surface area contributed by atoms with Gasteiger partial charge in [0.1, 0.15) is 0 Å². The number of ether oxygens (including phenoxy) is 1. The van der Waals surface area contributed by atoms with Gasteiger partial charge in [0.2, 0.25) is 0 Å². The number of nitrogens with zero attached hydrogens (tertiary/aromatic N) is 1. The summed E-state index contributed by atoms with van der Waals surface area (Å²) in [6.45, 7) is 3.64. The van der Waals surface area contributed by atoms with Crippen LogP contribution in [-0.4, -0.2) is 49.8 Å². The molecule has 1 unspecified atom stereocenters. The lowest BCUT2D eigenvalue weighted by Gasteiger charge is -2.36. The fourth-order valence-corrected chi connectivity index (χ4v) is 3.33. The molecule has 3 heteroatoms. The Morgan fingerprint density at radius 3 is 2.75 bits per heavy atom. The second kappa shape index (κ2) is 6.70. The monoisotopic (exact) mass is 274 g/mol. The molecule has 3 rings (SSSR count). The first-order valence-electron chi connectivity index (χ1n) is 7.88. The number of hydrogen-bond donors (Lipinski definition) is 1. The Hall–Kier alpha value is -0.900. The zero-order valence-corrected chi connectivity index (χ0v) is 12.4. The van der Waals surface area contributed by atoms with Gasteiger partial charge in [-0.3, -0.25) is 0 Å². The van der Waals surface area contributed by atoms with Crippen LogP contribution in [0.3, 0.4) is 0 Å². The Balaban J connectivity index is 1.35. The summed E-state index contributed by atoms with van der Waals surface area (Å²) in [5, 5.41) is 3.79. The van der Waals surface area contributed by atoms with Crippen molar-refractivity contribution in [2.45, 2.75) is 43.9 Å². The van der Waals surface area contributed by atoms with Crippen molar-refractivity contribution in [3.05, 3.63) is 35.9 Å². The van der Waals surface area contributed by atoms with Gasteiger partial charge in [0, 0.05) is 32.3 Å². The zero-order valence-electron chi connectivity index (χ0n) is 12.4. The van der Waals surface area contributed by atoms with Crippen LogP contribution >= 0.6 is 0 Å². The Labute approximate surface area is 122 Å². The maximum Gasteiger partial charge on any atom is 0.0601 e. The molecule has 1 heterocycles. The smallest absolute Gasteiger partial charge is 0.0601 e. The molecule has 2 aliphatic rings. The summed E-state index contributed by atoms with van der Waals surface area (Å²) in [6, 6.07) is 12.2. The molecule has 0 bridgehead atoms. The lowest BCUT2D eigenvalue weighted by atomic mass is 9.88. The van der Waals surface area contributed by atoms with Crippen molar-refractivity contribution in [1.82, 2.24) is 10.2 Å². The van der Waals surface area contributed by atoms with E-state index < -0.39 is 0 Å². The van der Waals surface area contributed by atoms with Crippen molar-refractivity contribution in [1.29, 1.82) is 0 Å². The van der Waals surface area contributed by atoms with E-state index in [1.165, 1.54) is 50.9 Å². The minimum atomic E-state index is 0.503. The van der Waals surface area contributed by atoms with Gasteiger partial charge in [-0.2, -0.15) is 0 Å². The molecule has 1 aliphatic heterocycles. The number of likely N-dealkylation sites (tertiary alicyclic amines) is 1. The molecular formula is C17H26N2O. The molecule has 1 saturated heterocycles. The summed E-state index contributed by atoms with van der Waals surface area (Å²) >= 11 is 0. The molecule has 20 heavy (non-hydrogen) atoms. The van der Waals surface area contributed by atoms with Gasteiger partial charge < -0.3 is 15.0 Å². The molecule has 110 valence electrons. The maximum absolute atomic E-state index is 5.34. The standard InChI is InChI=1S/C17H26N2O/c1-20-17-11-16(12-17)18-15-8-10-19(13-15)9-7-14-5-3-2-4-6-14/h2-6,15-18H,7-13H2,1H3. The van der Waals surface area contributed by atoms with E-state index in [2.05, 4.69) is 40.5 Å². The normalized spacial score (nSPS) is 30.4. The highest BCUT2D eigenvalue weighted by atomic mass is 16.5. The molecule has 3 nitrogen and oxygen atoms in total. The van der Waals surface area contributed by atoms with Crippen molar-refractivity contribution < 1.29 is 4.74 Å². The molecule has 0 radical (unpaired) electrons. The van der Waals surface area contributed by atoms with Gasteiger partial charge in [0.05, 0.1) is 6.10 Å². The van der Waals surface area contributed by atoms with E-state index in [-0.39, 0.29) is 0 Å². The molecule has 0 aromatic heterocycles. The second-order valence-electron chi connectivity index (χ2n) is 6.21. The first-order valence-corrected chi connectivity index (χ1v) is 7.88. The molecule has 1 aromatic rings. The van der Waals surface area contributed by atoms with Gasteiger partial charge in [-0.1, -0.05) is 30.3 Å². The van der Waals surface area contributed by atoms with Crippen LogP contribution in [0.2, 0.25) is 0 Å². The Bertz CT molecular complexity index is 403. The van der Waals surface area contributed by atoms with Crippen LogP contribution in [0.4, 0.5) is 0 Å². The van der Waals surface area contributed by atoms with E-state index in [4.69, 9.17) is 4.74 Å². The van der Waals surface area contributed by atoms with Crippen LogP contribution in [0.1, 0.15) is 24.8 Å². The van der Waals surface area contributed by atoms with E-state index in [0.29, 0.717) is 18.2 Å². The molecule has 1 N–H and O–H groups in total. The summed E-state index contributed by atoms with van der Waals surface area (Å²) in [4.78, 5) is 2.59. The summed E-state index contributed by atoms with van der Waals surface area (Å²) in [6.07, 6.45) is 5.35. The summed E-state index contributed by atoms with van der Waals surface area (Å²) in [5.74, 6) is 0. The number of nitrogens with one attached hydrogen (secondary N) is 1. The number of benzene rings is 1. The quantitative estimate of drug-likeness (QED) is 0.859. The molecule has 2 fully saturated rings. The summed E-state index contributed by atoms with van der Waals surface area (Å²) in [5.41, 5.74) is 1.45. The fraction of sp³-hybridized carbons (Fsp3) is 0.647. The van der Waals surface area contributed by atoms with Gasteiger partial charge in [0.15, 0.2) is 0 Å². The van der Waals surface area contributed by atoms with Gasteiger partial charge in [-0.15, -0.1) is 0 Å². The van der Waals surface area contributed by atoms with Crippen molar-refractivity contribution >= 4 is 0 Å². The largest absolute Gasteiger partial charge is 0.381 e. The van der Waals surface area contributed by atoms with Crippen LogP contribution < -0.4 is 5.32 Å². The third kappa shape index (κ3) is 3.60. The van der Waals surface area contributed by atoms with Crippen molar-refractivity contribution in [3.8, 4) is 0 Å². The molecule has 1 aliphatic carbocycles. The lowest BCUT2D eigenvalue weighted by Crippen LogP contribution is -2.49. The van der Waals surface area contributed by atoms with E-state index in [1.807, 2.05) is 7.11 Å². The number of hydrogen-bond acceptors (Lipinski definition) is 3.